The summed E-state index contributed by atoms with van der Waals surface area (Å²) in [5.74, 6) is 0.577. The Hall–Kier alpha value is -1.50. The third-order valence-corrected chi connectivity index (χ3v) is 3.45. The van der Waals surface area contributed by atoms with Gasteiger partial charge < -0.3 is 10.2 Å². The number of likely N-dealkylation sites (tertiary alicyclic amines) is 1. The van der Waals surface area contributed by atoms with Gasteiger partial charge in [-0.05, 0) is 55.7 Å². The Bertz CT molecular complexity index is 399. The Morgan fingerprint density at radius 1 is 1.32 bits per heavy atom. The first-order chi connectivity index (χ1) is 9.25. The molecule has 19 heavy (non-hydrogen) atoms. The number of carbonyl (C=O) groups is 1. The highest BCUT2D eigenvalue weighted by molar-refractivity contribution is 5.77. The highest BCUT2D eigenvalue weighted by Crippen LogP contribution is 2.07. The Morgan fingerprint density at radius 3 is 2.79 bits per heavy atom. The van der Waals surface area contributed by atoms with Crippen LogP contribution in [0.25, 0.3) is 0 Å². The summed E-state index contributed by atoms with van der Waals surface area (Å²) in [6.45, 7) is 4.37. The van der Waals surface area contributed by atoms with E-state index in [9.17, 15) is 4.79 Å². The van der Waals surface area contributed by atoms with Gasteiger partial charge in [-0.2, -0.15) is 0 Å². The van der Waals surface area contributed by atoms with Gasteiger partial charge in [0.15, 0.2) is 5.82 Å². The Kier molecular flexibility index (Phi) is 5.26. The van der Waals surface area contributed by atoms with E-state index in [2.05, 4.69) is 25.7 Å². The Morgan fingerprint density at radius 2 is 2.11 bits per heavy atom. The molecule has 1 aromatic heterocycles. The van der Waals surface area contributed by atoms with Crippen molar-refractivity contribution >= 4 is 5.91 Å². The molecule has 1 fully saturated rings. The van der Waals surface area contributed by atoms with Crippen molar-refractivity contribution in [2.24, 2.45) is 7.05 Å². The van der Waals surface area contributed by atoms with Gasteiger partial charge in [0.05, 0.1) is 6.42 Å². The molecule has 1 aliphatic rings. The molecular formula is C12H22N6O. The highest BCUT2D eigenvalue weighted by Gasteiger charge is 2.11. The van der Waals surface area contributed by atoms with Crippen LogP contribution in [-0.2, 0) is 18.3 Å². The van der Waals surface area contributed by atoms with E-state index in [0.29, 0.717) is 5.82 Å². The van der Waals surface area contributed by atoms with Crippen molar-refractivity contribution in [1.82, 2.24) is 30.4 Å². The van der Waals surface area contributed by atoms with Crippen LogP contribution < -0.4 is 5.32 Å². The van der Waals surface area contributed by atoms with Crippen LogP contribution >= 0.6 is 0 Å². The van der Waals surface area contributed by atoms with Crippen LogP contribution in [0.4, 0.5) is 0 Å². The molecule has 7 nitrogen and oxygen atoms in total. The summed E-state index contributed by atoms with van der Waals surface area (Å²) in [6.07, 6.45) is 5.09. The highest BCUT2D eigenvalue weighted by atomic mass is 16.1. The number of aryl methyl sites for hydroxylation is 1. The molecule has 0 saturated carbocycles. The summed E-state index contributed by atoms with van der Waals surface area (Å²) in [4.78, 5) is 14.1. The van der Waals surface area contributed by atoms with Crippen LogP contribution in [0.2, 0.25) is 0 Å². The van der Waals surface area contributed by atoms with Crippen LogP contribution in [0.1, 0.15) is 31.5 Å². The zero-order valence-corrected chi connectivity index (χ0v) is 11.5. The number of rotatable bonds is 7. The van der Waals surface area contributed by atoms with E-state index in [4.69, 9.17) is 0 Å². The third kappa shape index (κ3) is 4.59. The minimum absolute atomic E-state index is 0.0147. The molecule has 1 N–H and O–H groups in total. The summed E-state index contributed by atoms with van der Waals surface area (Å²) in [5.41, 5.74) is 0. The summed E-state index contributed by atoms with van der Waals surface area (Å²) in [6, 6.07) is 0. The molecule has 106 valence electrons. The number of nitrogens with one attached hydrogen (secondary N) is 1. The lowest BCUT2D eigenvalue weighted by Crippen LogP contribution is -2.28. The summed E-state index contributed by atoms with van der Waals surface area (Å²) in [7, 11) is 1.73. The summed E-state index contributed by atoms with van der Waals surface area (Å²) >= 11 is 0. The molecular weight excluding hydrogens is 244 g/mol. The van der Waals surface area contributed by atoms with Gasteiger partial charge in [-0.1, -0.05) is 0 Å². The maximum atomic E-state index is 11.7. The molecule has 1 saturated heterocycles. The lowest BCUT2D eigenvalue weighted by molar-refractivity contribution is -0.120. The third-order valence-electron chi connectivity index (χ3n) is 3.45. The minimum Gasteiger partial charge on any atom is -0.356 e. The standard InChI is InChI=1S/C12H22N6O/c1-17-11(14-15-16-17)10-12(19)13-6-2-3-7-18-8-4-5-9-18/h2-10H2,1H3,(H,13,19). The van der Waals surface area contributed by atoms with E-state index < -0.39 is 0 Å². The van der Waals surface area contributed by atoms with Crippen LogP contribution in [0.15, 0.2) is 0 Å². The number of tetrazole rings is 1. The van der Waals surface area contributed by atoms with Gasteiger partial charge in [-0.3, -0.25) is 4.79 Å². The zero-order valence-electron chi connectivity index (χ0n) is 11.5. The molecule has 7 heteroatoms. The maximum absolute atomic E-state index is 11.7. The average molecular weight is 266 g/mol. The van der Waals surface area contributed by atoms with E-state index in [1.165, 1.54) is 30.6 Å². The lowest BCUT2D eigenvalue weighted by atomic mass is 10.3. The zero-order chi connectivity index (χ0) is 13.5. The van der Waals surface area contributed by atoms with Crippen molar-refractivity contribution in [2.45, 2.75) is 32.1 Å². The van der Waals surface area contributed by atoms with Crippen molar-refractivity contribution < 1.29 is 4.79 Å². The second-order valence-corrected chi connectivity index (χ2v) is 5.00. The molecule has 1 aliphatic heterocycles. The maximum Gasteiger partial charge on any atom is 0.227 e. The molecule has 1 amide bonds. The molecule has 0 unspecified atom stereocenters. The predicted molar refractivity (Wildman–Crippen MR) is 70.4 cm³/mol. The number of hydrogen-bond donors (Lipinski definition) is 1. The Balaban J connectivity index is 1.53. The van der Waals surface area contributed by atoms with Crippen LogP contribution in [0, 0.1) is 0 Å². The first-order valence-electron chi connectivity index (χ1n) is 6.96. The molecule has 0 aliphatic carbocycles. The monoisotopic (exact) mass is 266 g/mol. The normalized spacial score (nSPS) is 15.8. The molecule has 0 aromatic carbocycles. The van der Waals surface area contributed by atoms with Crippen molar-refractivity contribution in [3.63, 3.8) is 0 Å². The number of hydrogen-bond acceptors (Lipinski definition) is 5. The number of carbonyl (C=O) groups excluding carboxylic acids is 1. The van der Waals surface area contributed by atoms with Crippen molar-refractivity contribution in [2.75, 3.05) is 26.2 Å². The fourth-order valence-corrected chi connectivity index (χ4v) is 2.30. The molecule has 0 atom stereocenters. The van der Waals surface area contributed by atoms with E-state index in [-0.39, 0.29) is 12.3 Å². The fraction of sp³-hybridized carbons (Fsp3) is 0.833. The minimum atomic E-state index is -0.0147. The van der Waals surface area contributed by atoms with Gasteiger partial charge >= 0.3 is 0 Å². The van der Waals surface area contributed by atoms with Gasteiger partial charge in [-0.15, -0.1) is 5.10 Å². The molecule has 2 heterocycles. The number of amides is 1. The molecule has 0 spiro atoms. The van der Waals surface area contributed by atoms with Gasteiger partial charge in [0.25, 0.3) is 0 Å². The van der Waals surface area contributed by atoms with E-state index in [1.807, 2.05) is 0 Å². The van der Waals surface area contributed by atoms with E-state index in [1.54, 1.807) is 7.05 Å². The summed E-state index contributed by atoms with van der Waals surface area (Å²) < 4.78 is 1.52. The van der Waals surface area contributed by atoms with Crippen molar-refractivity contribution in [1.29, 1.82) is 0 Å². The van der Waals surface area contributed by atoms with E-state index >= 15 is 0 Å². The number of nitrogens with zero attached hydrogens (tertiary/aromatic N) is 5. The summed E-state index contributed by atoms with van der Waals surface area (Å²) in [5, 5.41) is 13.9. The van der Waals surface area contributed by atoms with Crippen LogP contribution in [-0.4, -0.2) is 57.2 Å². The second-order valence-electron chi connectivity index (χ2n) is 5.00. The number of unbranched alkanes of at least 4 members (excludes halogenated alkanes) is 1. The lowest BCUT2D eigenvalue weighted by Gasteiger charge is -2.13. The first kappa shape index (κ1) is 13.9. The SMILES string of the molecule is Cn1nnnc1CC(=O)NCCCCN1CCCC1. The first-order valence-corrected chi connectivity index (χ1v) is 6.96. The largest absolute Gasteiger partial charge is 0.356 e. The van der Waals surface area contributed by atoms with Gasteiger partial charge in [0.1, 0.15) is 0 Å². The predicted octanol–water partition coefficient (Wildman–Crippen LogP) is -0.255. The molecule has 1 aromatic rings. The smallest absolute Gasteiger partial charge is 0.227 e. The van der Waals surface area contributed by atoms with Crippen LogP contribution in [0.3, 0.4) is 0 Å². The van der Waals surface area contributed by atoms with Crippen LogP contribution in [0.5, 0.6) is 0 Å². The van der Waals surface area contributed by atoms with E-state index in [0.717, 1.165) is 25.9 Å². The van der Waals surface area contributed by atoms with Gasteiger partial charge in [0, 0.05) is 13.6 Å². The molecule has 2 rings (SSSR count). The van der Waals surface area contributed by atoms with Crippen molar-refractivity contribution in [3.8, 4) is 0 Å². The topological polar surface area (TPSA) is 75.9 Å². The average Bonchev–Trinajstić information content (AvgIpc) is 3.02. The molecule has 0 bridgehead atoms. The van der Waals surface area contributed by atoms with Gasteiger partial charge in [-0.25, -0.2) is 4.68 Å². The quantitative estimate of drug-likeness (QED) is 0.688. The van der Waals surface area contributed by atoms with Crippen molar-refractivity contribution in [3.05, 3.63) is 5.82 Å². The number of aromatic nitrogens is 4. The van der Waals surface area contributed by atoms with Gasteiger partial charge in [0.2, 0.25) is 5.91 Å². The fourth-order valence-electron chi connectivity index (χ4n) is 2.30. The second kappa shape index (κ2) is 7.18. The molecule has 0 radical (unpaired) electrons. The Labute approximate surface area is 113 Å².